The third-order valence-electron chi connectivity index (χ3n) is 1.77. The van der Waals surface area contributed by atoms with Crippen molar-refractivity contribution in [3.8, 4) is 0 Å². The van der Waals surface area contributed by atoms with E-state index in [4.69, 9.17) is 9.84 Å². The molecule has 6 heteroatoms. The Balaban J connectivity index is 3.19. The molecule has 1 heterocycles. The van der Waals surface area contributed by atoms with Crippen LogP contribution in [-0.4, -0.2) is 28.4 Å². The molecule has 0 radical (unpaired) electrons. The van der Waals surface area contributed by atoms with Gasteiger partial charge in [-0.15, -0.1) is 0 Å². The van der Waals surface area contributed by atoms with E-state index in [2.05, 4.69) is 4.98 Å². The summed E-state index contributed by atoms with van der Waals surface area (Å²) in [5, 5.41) is 8.66. The van der Waals surface area contributed by atoms with Crippen LogP contribution in [0.15, 0.2) is 15.8 Å². The Morgan fingerprint density at radius 1 is 1.57 bits per heavy atom. The number of nitrogens with one attached hydrogen (secondary N) is 1. The maximum Gasteiger partial charge on any atom is 0.330 e. The number of ether oxygens (including phenoxy) is 1. The van der Waals surface area contributed by atoms with Crippen molar-refractivity contribution >= 4 is 0 Å². The van der Waals surface area contributed by atoms with Gasteiger partial charge in [0.05, 0.1) is 0 Å². The van der Waals surface area contributed by atoms with Gasteiger partial charge in [-0.05, 0) is 0 Å². The Hall–Kier alpha value is -1.40. The minimum Gasteiger partial charge on any atom is -0.396 e. The van der Waals surface area contributed by atoms with Gasteiger partial charge in [0.1, 0.15) is 6.73 Å². The fourth-order valence-corrected chi connectivity index (χ4v) is 1.10. The van der Waals surface area contributed by atoms with Crippen LogP contribution in [-0.2, 0) is 17.9 Å². The minimum atomic E-state index is -0.515. The highest BCUT2D eigenvalue weighted by atomic mass is 16.5. The van der Waals surface area contributed by atoms with Crippen LogP contribution in [0.5, 0.6) is 0 Å². The second-order valence-corrected chi connectivity index (χ2v) is 2.74. The van der Waals surface area contributed by atoms with Crippen LogP contribution in [0.2, 0.25) is 0 Å². The predicted octanol–water partition coefficient (Wildman–Crippen LogP) is -1.32. The Morgan fingerprint density at radius 3 is 2.86 bits per heavy atom. The van der Waals surface area contributed by atoms with Crippen molar-refractivity contribution in [3.05, 3.63) is 32.6 Å². The fraction of sp³-hybridized carbons (Fsp3) is 0.500. The molecule has 1 aromatic heterocycles. The van der Waals surface area contributed by atoms with E-state index in [1.165, 1.54) is 13.3 Å². The molecule has 6 nitrogen and oxygen atoms in total. The average Bonchev–Trinajstić information content (AvgIpc) is 2.17. The average molecular weight is 200 g/mol. The van der Waals surface area contributed by atoms with Gasteiger partial charge in [0.25, 0.3) is 5.56 Å². The predicted molar refractivity (Wildman–Crippen MR) is 49.1 cm³/mol. The summed E-state index contributed by atoms with van der Waals surface area (Å²) in [6, 6.07) is 0. The van der Waals surface area contributed by atoms with Crippen molar-refractivity contribution in [3.63, 3.8) is 0 Å². The molecule has 0 saturated carbocycles. The van der Waals surface area contributed by atoms with Crippen molar-refractivity contribution in [2.75, 3.05) is 13.7 Å². The molecule has 0 aliphatic rings. The minimum absolute atomic E-state index is 0.0898. The lowest BCUT2D eigenvalue weighted by Gasteiger charge is -2.04. The standard InChI is InChI=1S/C8H12N2O4/c1-14-5-10-7(12)6(2-3-11)4-9-8(10)13/h4,11H,2-3,5H2,1H3,(H,9,13). The van der Waals surface area contributed by atoms with Crippen molar-refractivity contribution < 1.29 is 9.84 Å². The summed E-state index contributed by atoms with van der Waals surface area (Å²) in [4.78, 5) is 25.1. The van der Waals surface area contributed by atoms with Crippen LogP contribution < -0.4 is 11.2 Å². The Kier molecular flexibility index (Phi) is 3.61. The van der Waals surface area contributed by atoms with E-state index in [1.807, 2.05) is 0 Å². The Bertz CT molecular complexity index is 407. The number of methoxy groups -OCH3 is 1. The van der Waals surface area contributed by atoms with Gasteiger partial charge in [-0.25, -0.2) is 9.36 Å². The molecule has 0 fully saturated rings. The molecular formula is C8H12N2O4. The van der Waals surface area contributed by atoms with E-state index in [9.17, 15) is 9.59 Å². The molecule has 0 unspecified atom stereocenters. The maximum atomic E-state index is 11.5. The summed E-state index contributed by atoms with van der Waals surface area (Å²) in [6.07, 6.45) is 1.53. The number of aliphatic hydroxyl groups is 1. The molecule has 1 aromatic rings. The molecule has 0 aliphatic carbocycles. The summed E-state index contributed by atoms with van der Waals surface area (Å²) < 4.78 is 5.64. The lowest BCUT2D eigenvalue weighted by atomic mass is 10.2. The summed E-state index contributed by atoms with van der Waals surface area (Å²) >= 11 is 0. The van der Waals surface area contributed by atoms with Crippen molar-refractivity contribution in [2.45, 2.75) is 13.2 Å². The highest BCUT2D eigenvalue weighted by Crippen LogP contribution is 1.86. The topological polar surface area (TPSA) is 84.3 Å². The molecule has 0 aliphatic heterocycles. The molecule has 0 aromatic carbocycles. The highest BCUT2D eigenvalue weighted by molar-refractivity contribution is 5.04. The first-order valence-electron chi connectivity index (χ1n) is 4.12. The second kappa shape index (κ2) is 4.73. The van der Waals surface area contributed by atoms with Gasteiger partial charge in [-0.2, -0.15) is 0 Å². The van der Waals surface area contributed by atoms with Gasteiger partial charge in [0, 0.05) is 31.9 Å². The van der Waals surface area contributed by atoms with Crippen LogP contribution in [0, 0.1) is 0 Å². The van der Waals surface area contributed by atoms with E-state index in [1.54, 1.807) is 0 Å². The number of aromatic nitrogens is 2. The van der Waals surface area contributed by atoms with Crippen molar-refractivity contribution in [1.82, 2.24) is 9.55 Å². The Labute approximate surface area is 79.8 Å². The van der Waals surface area contributed by atoms with Gasteiger partial charge >= 0.3 is 5.69 Å². The quantitative estimate of drug-likeness (QED) is 0.631. The molecule has 2 N–H and O–H groups in total. The number of H-pyrrole nitrogens is 1. The van der Waals surface area contributed by atoms with E-state index in [0.717, 1.165) is 4.57 Å². The van der Waals surface area contributed by atoms with Gasteiger partial charge in [0.15, 0.2) is 0 Å². The third kappa shape index (κ3) is 2.09. The first-order chi connectivity index (χ1) is 6.70. The largest absolute Gasteiger partial charge is 0.396 e. The normalized spacial score (nSPS) is 10.4. The molecule has 1 rings (SSSR count). The summed E-state index contributed by atoms with van der Waals surface area (Å²) in [7, 11) is 1.39. The van der Waals surface area contributed by atoms with E-state index < -0.39 is 11.2 Å². The van der Waals surface area contributed by atoms with Crippen LogP contribution in [0.25, 0.3) is 0 Å². The van der Waals surface area contributed by atoms with Crippen LogP contribution >= 0.6 is 0 Å². The summed E-state index contributed by atoms with van der Waals surface area (Å²) in [5.74, 6) is 0. The van der Waals surface area contributed by atoms with Gasteiger partial charge < -0.3 is 14.8 Å². The fourth-order valence-electron chi connectivity index (χ4n) is 1.10. The molecule has 0 amide bonds. The number of aliphatic hydroxyl groups excluding tert-OH is 1. The van der Waals surface area contributed by atoms with Crippen LogP contribution in [0.3, 0.4) is 0 Å². The molecule has 0 atom stereocenters. The van der Waals surface area contributed by atoms with E-state index in [-0.39, 0.29) is 19.8 Å². The highest BCUT2D eigenvalue weighted by Gasteiger charge is 2.05. The summed E-state index contributed by atoms with van der Waals surface area (Å²) in [5.41, 5.74) is -0.577. The molecule has 78 valence electrons. The smallest absolute Gasteiger partial charge is 0.330 e. The zero-order valence-electron chi connectivity index (χ0n) is 7.82. The zero-order chi connectivity index (χ0) is 10.6. The van der Waals surface area contributed by atoms with Crippen LogP contribution in [0.4, 0.5) is 0 Å². The second-order valence-electron chi connectivity index (χ2n) is 2.74. The van der Waals surface area contributed by atoms with Gasteiger partial charge in [-0.1, -0.05) is 0 Å². The third-order valence-corrected chi connectivity index (χ3v) is 1.77. The number of aromatic amines is 1. The molecule has 14 heavy (non-hydrogen) atoms. The molecule has 0 bridgehead atoms. The lowest BCUT2D eigenvalue weighted by Crippen LogP contribution is -2.37. The molecule has 0 saturated heterocycles. The molecule has 0 spiro atoms. The lowest BCUT2D eigenvalue weighted by molar-refractivity contribution is 0.123. The van der Waals surface area contributed by atoms with Crippen molar-refractivity contribution in [2.24, 2.45) is 0 Å². The zero-order valence-corrected chi connectivity index (χ0v) is 7.82. The van der Waals surface area contributed by atoms with Crippen LogP contribution in [0.1, 0.15) is 5.56 Å². The van der Waals surface area contributed by atoms with E-state index in [0.29, 0.717) is 5.56 Å². The summed E-state index contributed by atoms with van der Waals surface area (Å²) in [6.45, 7) is -0.221. The number of hydrogen-bond donors (Lipinski definition) is 2. The van der Waals surface area contributed by atoms with E-state index >= 15 is 0 Å². The number of hydrogen-bond acceptors (Lipinski definition) is 4. The monoisotopic (exact) mass is 200 g/mol. The number of rotatable bonds is 4. The van der Waals surface area contributed by atoms with Gasteiger partial charge in [0.2, 0.25) is 0 Å². The van der Waals surface area contributed by atoms with Crippen molar-refractivity contribution in [1.29, 1.82) is 0 Å². The molecular weight excluding hydrogens is 188 g/mol. The first kappa shape index (κ1) is 10.7. The van der Waals surface area contributed by atoms with Gasteiger partial charge in [-0.3, -0.25) is 4.79 Å². The SMILES string of the molecule is COCn1c(=O)[nH]cc(CCO)c1=O. The maximum absolute atomic E-state index is 11.5. The first-order valence-corrected chi connectivity index (χ1v) is 4.12. The Morgan fingerprint density at radius 2 is 2.29 bits per heavy atom. The number of nitrogens with zero attached hydrogens (tertiary/aromatic N) is 1.